The quantitative estimate of drug-likeness (QED) is 0.525. The first kappa shape index (κ1) is 27.0. The van der Waals surface area contributed by atoms with Crippen LogP contribution in [0.1, 0.15) is 61.6 Å². The molecule has 2 N–H and O–H groups in total. The van der Waals surface area contributed by atoms with Gasteiger partial charge in [0.15, 0.2) is 6.23 Å². The van der Waals surface area contributed by atoms with Crippen molar-refractivity contribution in [2.24, 2.45) is 0 Å². The molecule has 2 aromatic rings. The Hall–Kier alpha value is -1.05. The molecule has 0 saturated carbocycles. The summed E-state index contributed by atoms with van der Waals surface area (Å²) in [7, 11) is -5.64. The molecule has 5 atom stereocenters. The Bertz CT molecular complexity index is 993. The van der Waals surface area contributed by atoms with Gasteiger partial charge in [0.1, 0.15) is 24.4 Å². The summed E-state index contributed by atoms with van der Waals surface area (Å²) in [6, 6.07) is 9.96. The van der Waals surface area contributed by atoms with Crippen LogP contribution in [0.5, 0.6) is 0 Å². The molecule has 0 spiro atoms. The van der Waals surface area contributed by atoms with E-state index in [9.17, 15) is 10.2 Å². The maximum atomic E-state index is 11.4. The Morgan fingerprint density at radius 2 is 1.43 bits per heavy atom. The van der Waals surface area contributed by atoms with Gasteiger partial charge in [0.2, 0.25) is 0 Å². The topological polar surface area (TPSA) is 82.3 Å². The first-order valence-corrected chi connectivity index (χ1v) is 17.0. The summed E-state index contributed by atoms with van der Waals surface area (Å²) >= 11 is 0. The lowest BCUT2D eigenvalue weighted by atomic mass is 9.98. The number of fused-ring (bicyclic) bond motifs is 2. The van der Waals surface area contributed by atoms with Crippen LogP contribution in [-0.2, 0) is 17.7 Å². The highest BCUT2D eigenvalue weighted by Gasteiger charge is 2.61. The molecule has 2 aliphatic rings. The highest BCUT2D eigenvalue weighted by atomic mass is 28.5. The van der Waals surface area contributed by atoms with Crippen LogP contribution in [0.4, 0.5) is 0 Å². The third-order valence-corrected chi connectivity index (χ3v) is 18.1. The largest absolute Gasteiger partial charge is 0.414 e. The van der Waals surface area contributed by atoms with Gasteiger partial charge >= 0.3 is 17.1 Å². The monoisotopic (exact) mass is 521 g/mol. The zero-order chi connectivity index (χ0) is 25.7. The van der Waals surface area contributed by atoms with E-state index >= 15 is 0 Å². The van der Waals surface area contributed by atoms with Crippen molar-refractivity contribution < 1.29 is 27.9 Å². The minimum absolute atomic E-state index is 0.129. The number of aromatic nitrogens is 1. The number of para-hydroxylation sites is 1. The third-order valence-electron chi connectivity index (χ3n) is 7.89. The van der Waals surface area contributed by atoms with Crippen molar-refractivity contribution in [3.63, 3.8) is 0 Å². The second-order valence-electron chi connectivity index (χ2n) is 11.4. The third kappa shape index (κ3) is 4.48. The standard InChI is InChI=1S/C26H43NO6Si2/c1-16(2)34(17(3)4)30-15-22-25(32-35(33-34,18(5)6)19(7)8)23(28)24(29)26(31-22)27-14-13-20-11-9-10-12-21(20)27/h9-14,16-19,22-26,28-29H,15H2,1-8H3/t22?,23-,24?,25-,26-/m1/s1. The fourth-order valence-corrected chi connectivity index (χ4v) is 17.1. The van der Waals surface area contributed by atoms with Crippen molar-refractivity contribution >= 4 is 28.0 Å². The number of hydrogen-bond acceptors (Lipinski definition) is 6. The fraction of sp³-hybridized carbons (Fsp3) is 0.692. The van der Waals surface area contributed by atoms with Crippen LogP contribution in [0.15, 0.2) is 36.5 Å². The molecule has 4 rings (SSSR count). The van der Waals surface area contributed by atoms with Gasteiger partial charge in [-0.2, -0.15) is 0 Å². The molecular weight excluding hydrogens is 478 g/mol. The number of aliphatic hydroxyl groups is 2. The van der Waals surface area contributed by atoms with Crippen LogP contribution >= 0.6 is 0 Å². The molecule has 2 fully saturated rings. The predicted octanol–water partition coefficient (Wildman–Crippen LogP) is 5.22. The van der Waals surface area contributed by atoms with Gasteiger partial charge < -0.3 is 32.5 Å². The van der Waals surface area contributed by atoms with E-state index in [1.807, 2.05) is 41.1 Å². The molecular formula is C26H43NO6Si2. The first-order chi connectivity index (χ1) is 16.4. The summed E-state index contributed by atoms with van der Waals surface area (Å²) in [4.78, 5) is 0. The molecule has 3 heterocycles. The van der Waals surface area contributed by atoms with Gasteiger partial charge in [-0.1, -0.05) is 73.6 Å². The van der Waals surface area contributed by atoms with E-state index in [4.69, 9.17) is 17.7 Å². The van der Waals surface area contributed by atoms with E-state index in [0.717, 1.165) is 10.9 Å². The lowest BCUT2D eigenvalue weighted by Crippen LogP contribution is -2.69. The number of benzene rings is 1. The van der Waals surface area contributed by atoms with E-state index in [1.165, 1.54) is 0 Å². The molecule has 196 valence electrons. The molecule has 2 saturated heterocycles. The molecule has 2 aliphatic heterocycles. The SMILES string of the molecule is CC(C)[Si]1(C(C)C)OCC2O[C@@H](n3ccc4ccccc43)C(O)[C@@H](O)[C@@H]2O[Si](C(C)C)(C(C)C)O1. The lowest BCUT2D eigenvalue weighted by Gasteiger charge is -2.54. The van der Waals surface area contributed by atoms with Gasteiger partial charge in [0.05, 0.1) is 12.1 Å². The summed E-state index contributed by atoms with van der Waals surface area (Å²) in [5, 5.41) is 23.7. The van der Waals surface area contributed by atoms with Crippen molar-refractivity contribution in [1.82, 2.24) is 4.57 Å². The molecule has 1 aromatic carbocycles. The summed E-state index contributed by atoms with van der Waals surface area (Å²) in [6.07, 6.45) is -2.40. The minimum atomic E-state index is -2.91. The Kier molecular flexibility index (Phi) is 7.73. The van der Waals surface area contributed by atoms with E-state index in [1.54, 1.807) is 0 Å². The second-order valence-corrected chi connectivity index (χ2v) is 20.2. The number of hydrogen-bond donors (Lipinski definition) is 2. The van der Waals surface area contributed by atoms with Gasteiger partial charge in [0, 0.05) is 6.20 Å². The van der Waals surface area contributed by atoms with Crippen molar-refractivity contribution in [2.45, 2.75) is 108 Å². The Morgan fingerprint density at radius 3 is 2.03 bits per heavy atom. The fourth-order valence-electron chi connectivity index (χ4n) is 5.89. The molecule has 0 radical (unpaired) electrons. The van der Waals surface area contributed by atoms with Gasteiger partial charge in [-0.3, -0.25) is 0 Å². The number of ether oxygens (including phenoxy) is 1. The summed E-state index contributed by atoms with van der Waals surface area (Å²) in [6.45, 7) is 17.6. The highest BCUT2D eigenvalue weighted by molar-refractivity contribution is 6.83. The van der Waals surface area contributed by atoms with Crippen LogP contribution in [0.25, 0.3) is 10.9 Å². The normalized spacial score (nSPS) is 31.2. The number of aliphatic hydroxyl groups excluding tert-OH is 2. The van der Waals surface area contributed by atoms with Crippen LogP contribution in [0.2, 0.25) is 22.2 Å². The summed E-state index contributed by atoms with van der Waals surface area (Å²) in [5.74, 6) is 0. The van der Waals surface area contributed by atoms with Gasteiger partial charge in [-0.15, -0.1) is 0 Å². The van der Waals surface area contributed by atoms with E-state index < -0.39 is 47.8 Å². The molecule has 9 heteroatoms. The summed E-state index contributed by atoms with van der Waals surface area (Å²) < 4.78 is 29.4. The molecule has 1 aromatic heterocycles. The van der Waals surface area contributed by atoms with E-state index in [2.05, 4.69) is 55.4 Å². The average molecular weight is 522 g/mol. The number of nitrogens with zero attached hydrogens (tertiary/aromatic N) is 1. The maximum absolute atomic E-state index is 11.4. The molecule has 0 amide bonds. The second kappa shape index (κ2) is 10.0. The molecule has 35 heavy (non-hydrogen) atoms. The molecule has 7 nitrogen and oxygen atoms in total. The van der Waals surface area contributed by atoms with E-state index in [0.29, 0.717) is 0 Å². The first-order valence-electron chi connectivity index (χ1n) is 13.0. The maximum Gasteiger partial charge on any atom is 0.335 e. The van der Waals surface area contributed by atoms with Crippen LogP contribution in [0.3, 0.4) is 0 Å². The highest BCUT2D eigenvalue weighted by Crippen LogP contribution is 2.47. The smallest absolute Gasteiger partial charge is 0.335 e. The zero-order valence-electron chi connectivity index (χ0n) is 22.3. The van der Waals surface area contributed by atoms with Crippen LogP contribution in [-0.4, -0.2) is 62.9 Å². The Balaban J connectivity index is 1.77. The lowest BCUT2D eigenvalue weighted by molar-refractivity contribution is -0.251. The van der Waals surface area contributed by atoms with Crippen LogP contribution < -0.4 is 0 Å². The molecule has 0 aliphatic carbocycles. The molecule has 0 bridgehead atoms. The summed E-state index contributed by atoms with van der Waals surface area (Å²) in [5.41, 5.74) is 1.64. The average Bonchev–Trinajstić information content (AvgIpc) is 3.21. The van der Waals surface area contributed by atoms with Crippen molar-refractivity contribution in [3.05, 3.63) is 36.5 Å². The Morgan fingerprint density at radius 1 is 0.829 bits per heavy atom. The molecule has 2 unspecified atom stereocenters. The van der Waals surface area contributed by atoms with Crippen LogP contribution in [0, 0.1) is 0 Å². The van der Waals surface area contributed by atoms with Crippen molar-refractivity contribution in [1.29, 1.82) is 0 Å². The van der Waals surface area contributed by atoms with Gasteiger partial charge in [-0.05, 0) is 39.7 Å². The van der Waals surface area contributed by atoms with Gasteiger partial charge in [0.25, 0.3) is 0 Å². The number of rotatable bonds is 5. The van der Waals surface area contributed by atoms with E-state index in [-0.39, 0.29) is 28.8 Å². The van der Waals surface area contributed by atoms with Gasteiger partial charge in [-0.25, -0.2) is 0 Å². The van der Waals surface area contributed by atoms with Crippen molar-refractivity contribution in [3.8, 4) is 0 Å². The Labute approximate surface area is 211 Å². The minimum Gasteiger partial charge on any atom is -0.414 e. The zero-order valence-corrected chi connectivity index (χ0v) is 24.3. The van der Waals surface area contributed by atoms with Crippen molar-refractivity contribution in [2.75, 3.05) is 6.61 Å². The predicted molar refractivity (Wildman–Crippen MR) is 142 cm³/mol.